The second-order valence-corrected chi connectivity index (χ2v) is 7.10. The first-order valence-corrected chi connectivity index (χ1v) is 7.60. The molecule has 3 saturated carbocycles. The number of fused-ring (bicyclic) bond motifs is 2. The fraction of sp³-hybridized carbons (Fsp3) is 0.625. The van der Waals surface area contributed by atoms with E-state index < -0.39 is 0 Å². The van der Waals surface area contributed by atoms with Crippen molar-refractivity contribution in [3.8, 4) is 0 Å². The number of aromatic nitrogens is 1. The molecule has 4 heteroatoms. The number of esters is 1. The topological polar surface area (TPSA) is 39.2 Å². The molecule has 0 N–H and O–H groups in total. The number of carbonyl (C=O) groups excluding carboxylic acids is 1. The summed E-state index contributed by atoms with van der Waals surface area (Å²) >= 11 is 5.94. The quantitative estimate of drug-likeness (QED) is 0.612. The van der Waals surface area contributed by atoms with Gasteiger partial charge in [0.25, 0.3) is 0 Å². The van der Waals surface area contributed by atoms with Crippen LogP contribution in [0.5, 0.6) is 0 Å². The Balaban J connectivity index is 1.71. The predicted molar refractivity (Wildman–Crippen MR) is 77.6 cm³/mol. The van der Waals surface area contributed by atoms with Crippen molar-refractivity contribution in [2.24, 2.45) is 23.2 Å². The van der Waals surface area contributed by atoms with Crippen LogP contribution >= 0.6 is 11.6 Å². The van der Waals surface area contributed by atoms with Crippen molar-refractivity contribution in [3.05, 3.63) is 29.0 Å². The molecule has 3 nitrogen and oxygen atoms in total. The van der Waals surface area contributed by atoms with Gasteiger partial charge in [-0.15, -0.1) is 0 Å². The molecule has 3 fully saturated rings. The van der Waals surface area contributed by atoms with Crippen molar-refractivity contribution in [2.45, 2.75) is 39.7 Å². The molecular formula is C16H20ClNO2. The fourth-order valence-corrected chi connectivity index (χ4v) is 4.19. The summed E-state index contributed by atoms with van der Waals surface area (Å²) in [6.07, 6.45) is 3.82. The van der Waals surface area contributed by atoms with Gasteiger partial charge in [0.2, 0.25) is 0 Å². The molecule has 0 aliphatic heterocycles. The number of hydrogen-bond donors (Lipinski definition) is 0. The summed E-state index contributed by atoms with van der Waals surface area (Å²) in [6, 6.07) is 3.36. The van der Waals surface area contributed by atoms with Crippen LogP contribution in [-0.4, -0.2) is 17.1 Å². The molecule has 108 valence electrons. The smallest absolute Gasteiger partial charge is 0.341 e. The Bertz CT molecular complexity index is 543. The van der Waals surface area contributed by atoms with Crippen LogP contribution in [0, 0.1) is 23.2 Å². The summed E-state index contributed by atoms with van der Waals surface area (Å²) in [5.41, 5.74) is 0.758. The Kier molecular flexibility index (Phi) is 3.28. The number of carbonyl (C=O) groups is 1. The molecule has 0 saturated heterocycles. The molecule has 1 heterocycles. The molecule has 4 unspecified atom stereocenters. The lowest BCUT2D eigenvalue weighted by molar-refractivity contribution is -0.156. The maximum atomic E-state index is 12.2. The molecule has 0 radical (unpaired) electrons. The minimum atomic E-state index is -0.348. The van der Waals surface area contributed by atoms with Crippen molar-refractivity contribution in [3.63, 3.8) is 0 Å². The van der Waals surface area contributed by atoms with Crippen LogP contribution in [-0.2, 0) is 4.74 Å². The van der Waals surface area contributed by atoms with E-state index in [1.54, 1.807) is 18.3 Å². The normalized spacial score (nSPS) is 34.2. The SMILES string of the molecule is CC1C(OC(=O)c2cccnc2Cl)CC2CC1C2(C)C. The molecule has 0 amide bonds. The van der Waals surface area contributed by atoms with E-state index >= 15 is 0 Å². The molecule has 3 aliphatic carbocycles. The van der Waals surface area contributed by atoms with Gasteiger partial charge in [-0.25, -0.2) is 9.78 Å². The van der Waals surface area contributed by atoms with Gasteiger partial charge in [-0.1, -0.05) is 32.4 Å². The molecule has 0 aromatic carbocycles. The van der Waals surface area contributed by atoms with Gasteiger partial charge in [0.1, 0.15) is 11.3 Å². The van der Waals surface area contributed by atoms with Gasteiger partial charge in [-0.3, -0.25) is 0 Å². The van der Waals surface area contributed by atoms with E-state index in [2.05, 4.69) is 25.8 Å². The molecule has 1 aromatic heterocycles. The molecule has 4 rings (SSSR count). The van der Waals surface area contributed by atoms with Crippen LogP contribution in [0.4, 0.5) is 0 Å². The molecule has 1 aromatic rings. The summed E-state index contributed by atoms with van der Waals surface area (Å²) in [5.74, 6) is 1.39. The first kappa shape index (κ1) is 13.9. The molecule has 20 heavy (non-hydrogen) atoms. The van der Waals surface area contributed by atoms with Crippen LogP contribution in [0.3, 0.4) is 0 Å². The van der Waals surface area contributed by atoms with Gasteiger partial charge in [0.15, 0.2) is 0 Å². The number of halogens is 1. The Labute approximate surface area is 124 Å². The summed E-state index contributed by atoms with van der Waals surface area (Å²) < 4.78 is 5.70. The molecular weight excluding hydrogens is 274 g/mol. The highest BCUT2D eigenvalue weighted by Gasteiger charge is 2.57. The minimum Gasteiger partial charge on any atom is -0.458 e. The number of rotatable bonds is 2. The molecule has 2 bridgehead atoms. The number of pyridine rings is 1. The Hall–Kier alpha value is -1.09. The zero-order chi connectivity index (χ0) is 14.5. The fourth-order valence-electron chi connectivity index (χ4n) is 4.00. The summed E-state index contributed by atoms with van der Waals surface area (Å²) in [5, 5.41) is 0.214. The standard InChI is InChI=1S/C16H20ClNO2/c1-9-12-7-10(16(12,2)3)8-13(9)20-15(19)11-5-4-6-18-14(11)17/h4-6,9-10,12-13H,7-8H2,1-3H3. The summed E-state index contributed by atoms with van der Waals surface area (Å²) in [6.45, 7) is 6.86. The summed E-state index contributed by atoms with van der Waals surface area (Å²) in [4.78, 5) is 16.1. The van der Waals surface area contributed by atoms with E-state index in [0.29, 0.717) is 28.7 Å². The van der Waals surface area contributed by atoms with Gasteiger partial charge in [0, 0.05) is 6.20 Å². The maximum Gasteiger partial charge on any atom is 0.341 e. The van der Waals surface area contributed by atoms with Gasteiger partial charge < -0.3 is 4.74 Å². The number of ether oxygens (including phenoxy) is 1. The monoisotopic (exact) mass is 293 g/mol. The highest BCUT2D eigenvalue weighted by Crippen LogP contribution is 2.61. The van der Waals surface area contributed by atoms with Gasteiger partial charge in [-0.2, -0.15) is 0 Å². The lowest BCUT2D eigenvalue weighted by Gasteiger charge is -2.61. The zero-order valence-corrected chi connectivity index (χ0v) is 12.9. The van der Waals surface area contributed by atoms with Crippen LogP contribution in [0.15, 0.2) is 18.3 Å². The Morgan fingerprint density at radius 1 is 1.45 bits per heavy atom. The van der Waals surface area contributed by atoms with E-state index in [9.17, 15) is 4.79 Å². The largest absolute Gasteiger partial charge is 0.458 e. The van der Waals surface area contributed by atoms with Crippen LogP contribution in [0.25, 0.3) is 0 Å². The lowest BCUT2D eigenvalue weighted by atomic mass is 9.45. The minimum absolute atomic E-state index is 0.00977. The number of hydrogen-bond acceptors (Lipinski definition) is 3. The van der Waals surface area contributed by atoms with E-state index in [0.717, 1.165) is 6.42 Å². The van der Waals surface area contributed by atoms with Crippen molar-refractivity contribution >= 4 is 17.6 Å². The van der Waals surface area contributed by atoms with Crippen molar-refractivity contribution in [1.29, 1.82) is 0 Å². The van der Waals surface area contributed by atoms with E-state index in [1.165, 1.54) is 6.42 Å². The van der Waals surface area contributed by atoms with Crippen molar-refractivity contribution in [1.82, 2.24) is 4.98 Å². The first-order valence-electron chi connectivity index (χ1n) is 7.22. The third kappa shape index (κ3) is 2.03. The second kappa shape index (κ2) is 4.73. The van der Waals surface area contributed by atoms with Gasteiger partial charge in [0.05, 0.1) is 5.56 Å². The first-order chi connectivity index (χ1) is 9.41. The maximum absolute atomic E-state index is 12.2. The predicted octanol–water partition coefficient (Wildman–Crippen LogP) is 3.96. The molecule has 3 aliphatic rings. The lowest BCUT2D eigenvalue weighted by Crippen LogP contribution is -2.57. The van der Waals surface area contributed by atoms with Crippen LogP contribution in [0.2, 0.25) is 5.15 Å². The van der Waals surface area contributed by atoms with Crippen molar-refractivity contribution in [2.75, 3.05) is 0 Å². The van der Waals surface area contributed by atoms with E-state index in [4.69, 9.17) is 16.3 Å². The average Bonchev–Trinajstić information content (AvgIpc) is 2.40. The Morgan fingerprint density at radius 2 is 2.20 bits per heavy atom. The van der Waals surface area contributed by atoms with Crippen LogP contribution in [0.1, 0.15) is 44.0 Å². The molecule has 0 spiro atoms. The third-order valence-electron chi connectivity index (χ3n) is 5.52. The van der Waals surface area contributed by atoms with E-state index in [1.807, 2.05) is 0 Å². The van der Waals surface area contributed by atoms with Crippen molar-refractivity contribution < 1.29 is 9.53 Å². The molecule has 4 atom stereocenters. The van der Waals surface area contributed by atoms with Gasteiger partial charge in [-0.05, 0) is 48.1 Å². The summed E-state index contributed by atoms with van der Waals surface area (Å²) in [7, 11) is 0. The van der Waals surface area contributed by atoms with E-state index in [-0.39, 0.29) is 17.2 Å². The highest BCUT2D eigenvalue weighted by molar-refractivity contribution is 6.32. The average molecular weight is 294 g/mol. The van der Waals surface area contributed by atoms with Gasteiger partial charge >= 0.3 is 5.97 Å². The second-order valence-electron chi connectivity index (χ2n) is 6.74. The number of nitrogens with zero attached hydrogens (tertiary/aromatic N) is 1. The highest BCUT2D eigenvalue weighted by atomic mass is 35.5. The van der Waals surface area contributed by atoms with Crippen LogP contribution < -0.4 is 0 Å². The Morgan fingerprint density at radius 3 is 2.80 bits per heavy atom. The zero-order valence-electron chi connectivity index (χ0n) is 12.1. The third-order valence-corrected chi connectivity index (χ3v) is 5.82.